The van der Waals surface area contributed by atoms with E-state index in [-0.39, 0.29) is 0 Å². The first-order chi connectivity index (χ1) is 7.25. The van der Waals surface area contributed by atoms with Gasteiger partial charge < -0.3 is 10.3 Å². The van der Waals surface area contributed by atoms with Crippen LogP contribution in [0.5, 0.6) is 0 Å². The van der Waals surface area contributed by atoms with E-state index in [1.165, 1.54) is 30.8 Å². The van der Waals surface area contributed by atoms with Crippen LogP contribution in [-0.4, -0.2) is 15.6 Å². The van der Waals surface area contributed by atoms with E-state index in [9.17, 15) is 0 Å². The molecule has 0 amide bonds. The first-order valence-corrected chi connectivity index (χ1v) is 6.55. The number of rotatable bonds is 1. The molecule has 3 rings (SSSR count). The molecule has 1 fully saturated rings. The summed E-state index contributed by atoms with van der Waals surface area (Å²) >= 11 is 3.57. The van der Waals surface area contributed by atoms with Crippen LogP contribution in [0.2, 0.25) is 0 Å². The minimum Gasteiger partial charge on any atom is -0.329 e. The molecule has 15 heavy (non-hydrogen) atoms. The van der Waals surface area contributed by atoms with Crippen molar-refractivity contribution >= 4 is 15.9 Å². The highest BCUT2D eigenvalue weighted by Gasteiger charge is 2.29. The van der Waals surface area contributed by atoms with Gasteiger partial charge in [-0.1, -0.05) is 6.42 Å². The molecule has 82 valence electrons. The van der Waals surface area contributed by atoms with Crippen LogP contribution in [0.15, 0.2) is 4.60 Å². The van der Waals surface area contributed by atoms with Crippen LogP contribution in [0.3, 0.4) is 0 Å². The molecule has 0 saturated heterocycles. The number of fused-ring (bicyclic) bond motifs is 1. The third kappa shape index (κ3) is 1.54. The first-order valence-electron chi connectivity index (χ1n) is 5.76. The maximum atomic E-state index is 6.02. The Bertz CT molecular complexity index is 381. The summed E-state index contributed by atoms with van der Waals surface area (Å²) in [5, 5.41) is 0. The van der Waals surface area contributed by atoms with E-state index >= 15 is 0 Å². The largest absolute Gasteiger partial charge is 0.329 e. The van der Waals surface area contributed by atoms with Gasteiger partial charge in [0.25, 0.3) is 0 Å². The van der Waals surface area contributed by atoms with Gasteiger partial charge in [0.2, 0.25) is 0 Å². The van der Waals surface area contributed by atoms with Gasteiger partial charge in [0.1, 0.15) is 10.4 Å². The van der Waals surface area contributed by atoms with Crippen molar-refractivity contribution in [3.05, 3.63) is 16.1 Å². The Morgan fingerprint density at radius 2 is 2.13 bits per heavy atom. The maximum absolute atomic E-state index is 6.02. The third-order valence-electron chi connectivity index (χ3n) is 3.69. The molecule has 4 heteroatoms. The van der Waals surface area contributed by atoms with Gasteiger partial charge >= 0.3 is 0 Å². The second-order valence-electron chi connectivity index (χ2n) is 4.74. The van der Waals surface area contributed by atoms with Crippen molar-refractivity contribution in [3.63, 3.8) is 0 Å². The highest BCUT2D eigenvalue weighted by Crippen LogP contribution is 2.38. The number of imidazole rings is 1. The van der Waals surface area contributed by atoms with E-state index in [0.29, 0.717) is 12.0 Å². The van der Waals surface area contributed by atoms with Gasteiger partial charge in [-0.2, -0.15) is 0 Å². The molecule has 0 spiro atoms. The summed E-state index contributed by atoms with van der Waals surface area (Å²) in [4.78, 5) is 4.67. The topological polar surface area (TPSA) is 43.8 Å². The molecule has 1 aliphatic heterocycles. The Morgan fingerprint density at radius 1 is 1.33 bits per heavy atom. The van der Waals surface area contributed by atoms with E-state index < -0.39 is 0 Å². The average Bonchev–Trinajstić information content (AvgIpc) is 2.41. The molecule has 2 aliphatic rings. The number of aromatic nitrogens is 2. The average molecular weight is 270 g/mol. The number of halogens is 1. The van der Waals surface area contributed by atoms with Crippen molar-refractivity contribution in [2.24, 2.45) is 5.73 Å². The SMILES string of the molecule is NC1CCc2c(Br)nc(C3CCC3)n2C1. The van der Waals surface area contributed by atoms with Gasteiger partial charge in [0, 0.05) is 18.5 Å². The third-order valence-corrected chi connectivity index (χ3v) is 4.33. The second-order valence-corrected chi connectivity index (χ2v) is 5.50. The van der Waals surface area contributed by atoms with Crippen LogP contribution >= 0.6 is 15.9 Å². The summed E-state index contributed by atoms with van der Waals surface area (Å²) < 4.78 is 3.42. The van der Waals surface area contributed by atoms with E-state index in [4.69, 9.17) is 5.73 Å². The Kier molecular flexibility index (Phi) is 2.36. The van der Waals surface area contributed by atoms with Crippen molar-refractivity contribution in [2.75, 3.05) is 0 Å². The molecule has 1 saturated carbocycles. The summed E-state index contributed by atoms with van der Waals surface area (Å²) in [7, 11) is 0. The van der Waals surface area contributed by atoms with Crippen LogP contribution in [0, 0.1) is 0 Å². The predicted molar refractivity (Wildman–Crippen MR) is 62.8 cm³/mol. The Labute approximate surface area is 98.2 Å². The molecular weight excluding hydrogens is 254 g/mol. The van der Waals surface area contributed by atoms with Crippen LogP contribution in [0.4, 0.5) is 0 Å². The van der Waals surface area contributed by atoms with Gasteiger partial charge in [0.15, 0.2) is 0 Å². The molecule has 0 radical (unpaired) electrons. The summed E-state index contributed by atoms with van der Waals surface area (Å²) in [5.41, 5.74) is 7.38. The number of nitrogens with zero attached hydrogens (tertiary/aromatic N) is 2. The van der Waals surface area contributed by atoms with Crippen LogP contribution in [0.1, 0.15) is 43.1 Å². The minimum atomic E-state index is 0.317. The fourth-order valence-electron chi connectivity index (χ4n) is 2.54. The van der Waals surface area contributed by atoms with Crippen molar-refractivity contribution in [1.29, 1.82) is 0 Å². The zero-order valence-electron chi connectivity index (χ0n) is 8.75. The molecule has 1 aliphatic carbocycles. The van der Waals surface area contributed by atoms with Crippen LogP contribution < -0.4 is 5.73 Å². The zero-order valence-corrected chi connectivity index (χ0v) is 10.3. The van der Waals surface area contributed by atoms with Crippen molar-refractivity contribution in [1.82, 2.24) is 9.55 Å². The van der Waals surface area contributed by atoms with Crippen LogP contribution in [-0.2, 0) is 13.0 Å². The standard InChI is InChI=1S/C11H16BrN3/c12-10-9-5-4-8(13)6-15(9)11(14-10)7-2-1-3-7/h7-8H,1-6,13H2. The van der Waals surface area contributed by atoms with Crippen molar-refractivity contribution in [2.45, 2.75) is 50.6 Å². The van der Waals surface area contributed by atoms with E-state index in [1.54, 1.807) is 0 Å². The molecule has 1 aromatic rings. The summed E-state index contributed by atoms with van der Waals surface area (Å²) in [6.07, 6.45) is 6.13. The smallest absolute Gasteiger partial charge is 0.127 e. The molecule has 1 atom stereocenters. The van der Waals surface area contributed by atoms with E-state index in [2.05, 4.69) is 25.5 Å². The number of hydrogen-bond acceptors (Lipinski definition) is 2. The lowest BCUT2D eigenvalue weighted by Gasteiger charge is -2.29. The van der Waals surface area contributed by atoms with Crippen LogP contribution in [0.25, 0.3) is 0 Å². The van der Waals surface area contributed by atoms with Crippen molar-refractivity contribution in [3.8, 4) is 0 Å². The van der Waals surface area contributed by atoms with Gasteiger partial charge in [-0.05, 0) is 41.6 Å². The van der Waals surface area contributed by atoms with Gasteiger partial charge in [0.05, 0.1) is 5.69 Å². The molecule has 3 nitrogen and oxygen atoms in total. The van der Waals surface area contributed by atoms with Gasteiger partial charge in [-0.3, -0.25) is 0 Å². The summed E-state index contributed by atoms with van der Waals surface area (Å²) in [5.74, 6) is 1.97. The van der Waals surface area contributed by atoms with E-state index in [1.807, 2.05) is 0 Å². The zero-order chi connectivity index (χ0) is 10.4. The van der Waals surface area contributed by atoms with Crippen molar-refractivity contribution < 1.29 is 0 Å². The number of nitrogens with two attached hydrogens (primary N) is 1. The molecule has 1 aromatic heterocycles. The Hall–Kier alpha value is -0.350. The lowest BCUT2D eigenvalue weighted by Crippen LogP contribution is -2.33. The fourth-order valence-corrected chi connectivity index (χ4v) is 3.14. The molecular formula is C11H16BrN3. The quantitative estimate of drug-likeness (QED) is 0.850. The maximum Gasteiger partial charge on any atom is 0.127 e. The molecule has 0 aromatic carbocycles. The highest BCUT2D eigenvalue weighted by atomic mass is 79.9. The summed E-state index contributed by atoms with van der Waals surface area (Å²) in [6.45, 7) is 0.958. The number of hydrogen-bond donors (Lipinski definition) is 1. The molecule has 0 bridgehead atoms. The molecule has 2 N–H and O–H groups in total. The Morgan fingerprint density at radius 3 is 2.80 bits per heavy atom. The monoisotopic (exact) mass is 269 g/mol. The lowest BCUT2D eigenvalue weighted by atomic mass is 9.84. The predicted octanol–water partition coefficient (Wildman–Crippen LogP) is 2.19. The normalized spacial score (nSPS) is 26.1. The lowest BCUT2D eigenvalue weighted by molar-refractivity contribution is 0.365. The van der Waals surface area contributed by atoms with Gasteiger partial charge in [-0.25, -0.2) is 4.98 Å². The Balaban J connectivity index is 2.00. The molecule has 2 heterocycles. The fraction of sp³-hybridized carbons (Fsp3) is 0.727. The van der Waals surface area contributed by atoms with E-state index in [0.717, 1.165) is 24.0 Å². The second kappa shape index (κ2) is 3.59. The summed E-state index contributed by atoms with van der Waals surface area (Å²) in [6, 6.07) is 0.317. The highest BCUT2D eigenvalue weighted by molar-refractivity contribution is 9.10. The molecule has 1 unspecified atom stereocenters. The van der Waals surface area contributed by atoms with Gasteiger partial charge in [-0.15, -0.1) is 0 Å². The first kappa shape index (κ1) is 9.85. The minimum absolute atomic E-state index is 0.317.